The van der Waals surface area contributed by atoms with Crippen LogP contribution in [0.5, 0.6) is 0 Å². The summed E-state index contributed by atoms with van der Waals surface area (Å²) in [5, 5.41) is 17.8. The van der Waals surface area contributed by atoms with Crippen molar-refractivity contribution >= 4 is 0 Å². The van der Waals surface area contributed by atoms with E-state index in [1.54, 1.807) is 0 Å². The first-order valence-electron chi connectivity index (χ1n) is 5.51. The van der Waals surface area contributed by atoms with Crippen molar-refractivity contribution in [3.63, 3.8) is 0 Å². The predicted octanol–water partition coefficient (Wildman–Crippen LogP) is 0.386. The van der Waals surface area contributed by atoms with Gasteiger partial charge >= 0.3 is 0 Å². The van der Waals surface area contributed by atoms with E-state index in [2.05, 4.69) is 10.4 Å². The van der Waals surface area contributed by atoms with Crippen molar-refractivity contribution in [2.45, 2.75) is 31.8 Å². The minimum absolute atomic E-state index is 0.577. The summed E-state index contributed by atoms with van der Waals surface area (Å²) in [5.74, 6) is 0. The number of rotatable bonds is 2. The van der Waals surface area contributed by atoms with E-state index in [0.29, 0.717) is 13.0 Å². The molecule has 1 unspecified atom stereocenters. The second-order valence-corrected chi connectivity index (χ2v) is 4.56. The Labute approximate surface area is 90.3 Å². The Balaban J connectivity index is 2.10. The fourth-order valence-corrected chi connectivity index (χ4v) is 2.18. The van der Waals surface area contributed by atoms with Crippen LogP contribution in [0, 0.1) is 6.92 Å². The Kier molecular flexibility index (Phi) is 2.80. The zero-order chi connectivity index (χ0) is 10.9. The van der Waals surface area contributed by atoms with Crippen LogP contribution in [0.25, 0.3) is 0 Å². The molecule has 0 aromatic carbocycles. The van der Waals surface area contributed by atoms with E-state index in [4.69, 9.17) is 0 Å². The van der Waals surface area contributed by atoms with Crippen molar-refractivity contribution in [2.24, 2.45) is 7.05 Å². The van der Waals surface area contributed by atoms with Gasteiger partial charge in [0.1, 0.15) is 0 Å². The van der Waals surface area contributed by atoms with Crippen molar-refractivity contribution in [3.05, 3.63) is 17.5 Å². The third kappa shape index (κ3) is 2.21. The van der Waals surface area contributed by atoms with Gasteiger partial charge in [0.25, 0.3) is 0 Å². The van der Waals surface area contributed by atoms with Gasteiger partial charge in [-0.15, -0.1) is 0 Å². The second kappa shape index (κ2) is 3.94. The lowest BCUT2D eigenvalue weighted by molar-refractivity contribution is 0.0168. The molecule has 4 heteroatoms. The molecule has 1 aliphatic heterocycles. The summed E-state index contributed by atoms with van der Waals surface area (Å²) in [6.45, 7) is 3.76. The van der Waals surface area contributed by atoms with Crippen LogP contribution in [0.4, 0.5) is 0 Å². The van der Waals surface area contributed by atoms with Crippen LogP contribution in [0.3, 0.4) is 0 Å². The summed E-state index contributed by atoms with van der Waals surface area (Å²) in [5.41, 5.74) is 1.73. The van der Waals surface area contributed by atoms with E-state index in [1.807, 2.05) is 24.9 Å². The molecule has 1 fully saturated rings. The summed E-state index contributed by atoms with van der Waals surface area (Å²) in [6, 6.07) is 0. The molecule has 0 bridgehead atoms. The lowest BCUT2D eigenvalue weighted by Gasteiger charge is -2.32. The zero-order valence-corrected chi connectivity index (χ0v) is 9.45. The molecular formula is C11H19N3O. The van der Waals surface area contributed by atoms with E-state index in [1.165, 1.54) is 0 Å². The minimum Gasteiger partial charge on any atom is -0.388 e. The molecule has 1 aromatic rings. The van der Waals surface area contributed by atoms with Crippen LogP contribution in [0.2, 0.25) is 0 Å². The van der Waals surface area contributed by atoms with E-state index in [-0.39, 0.29) is 0 Å². The molecule has 1 aliphatic rings. The maximum atomic E-state index is 10.4. The molecule has 1 aromatic heterocycles. The number of β-amino-alcohol motifs (C(OH)–C–C–N with tert-alkyl or cyclic N) is 1. The Hall–Kier alpha value is -0.870. The lowest BCUT2D eigenvalue weighted by Crippen LogP contribution is -2.47. The molecule has 2 rings (SSSR count). The zero-order valence-electron chi connectivity index (χ0n) is 9.45. The number of piperidine rings is 1. The van der Waals surface area contributed by atoms with Gasteiger partial charge in [0.05, 0.1) is 11.8 Å². The first-order chi connectivity index (χ1) is 7.11. The minimum atomic E-state index is -0.577. The van der Waals surface area contributed by atoms with Crippen molar-refractivity contribution in [2.75, 3.05) is 13.1 Å². The molecular weight excluding hydrogens is 190 g/mol. The molecule has 1 atom stereocenters. The second-order valence-electron chi connectivity index (χ2n) is 4.56. The molecule has 15 heavy (non-hydrogen) atoms. The predicted molar refractivity (Wildman–Crippen MR) is 58.7 cm³/mol. The third-order valence-corrected chi connectivity index (χ3v) is 3.31. The summed E-state index contributed by atoms with van der Waals surface area (Å²) in [6.07, 6.45) is 4.51. The standard InChI is InChI=1S/C11H19N3O/c1-9-10(7-13-14(9)2)6-11(15)4-3-5-12-8-11/h7,12,15H,3-6,8H2,1-2H3. The van der Waals surface area contributed by atoms with E-state index in [0.717, 1.165) is 30.6 Å². The third-order valence-electron chi connectivity index (χ3n) is 3.31. The fourth-order valence-electron chi connectivity index (χ4n) is 2.18. The molecule has 0 saturated carbocycles. The van der Waals surface area contributed by atoms with Crippen LogP contribution in [0.1, 0.15) is 24.1 Å². The Bertz CT molecular complexity index is 340. The highest BCUT2D eigenvalue weighted by atomic mass is 16.3. The van der Waals surface area contributed by atoms with Gasteiger partial charge < -0.3 is 10.4 Å². The van der Waals surface area contributed by atoms with Crippen LogP contribution in [-0.4, -0.2) is 33.6 Å². The molecule has 4 nitrogen and oxygen atoms in total. The SMILES string of the molecule is Cc1c(CC2(O)CCCNC2)cnn1C. The van der Waals surface area contributed by atoms with Crippen molar-refractivity contribution < 1.29 is 5.11 Å². The number of hydrogen-bond donors (Lipinski definition) is 2. The average Bonchev–Trinajstić information content (AvgIpc) is 2.50. The largest absolute Gasteiger partial charge is 0.388 e. The molecule has 2 N–H and O–H groups in total. The Morgan fingerprint density at radius 2 is 2.47 bits per heavy atom. The van der Waals surface area contributed by atoms with Crippen molar-refractivity contribution in [1.82, 2.24) is 15.1 Å². The van der Waals surface area contributed by atoms with Gasteiger partial charge in [0, 0.05) is 25.7 Å². The summed E-state index contributed by atoms with van der Waals surface area (Å²) in [7, 11) is 1.93. The maximum Gasteiger partial charge on any atom is 0.0813 e. The number of hydrogen-bond acceptors (Lipinski definition) is 3. The topological polar surface area (TPSA) is 50.1 Å². The molecule has 2 heterocycles. The first-order valence-corrected chi connectivity index (χ1v) is 5.51. The molecule has 1 saturated heterocycles. The van der Waals surface area contributed by atoms with Crippen LogP contribution >= 0.6 is 0 Å². The molecule has 0 amide bonds. The Morgan fingerprint density at radius 3 is 3.00 bits per heavy atom. The number of aryl methyl sites for hydroxylation is 1. The fraction of sp³-hybridized carbons (Fsp3) is 0.727. The van der Waals surface area contributed by atoms with Gasteiger partial charge in [0.15, 0.2) is 0 Å². The number of aromatic nitrogens is 2. The highest BCUT2D eigenvalue weighted by molar-refractivity contribution is 5.19. The number of aliphatic hydroxyl groups is 1. The van der Waals surface area contributed by atoms with Crippen molar-refractivity contribution in [3.8, 4) is 0 Å². The quantitative estimate of drug-likeness (QED) is 0.740. The van der Waals surface area contributed by atoms with E-state index in [9.17, 15) is 5.11 Å². The van der Waals surface area contributed by atoms with Gasteiger partial charge in [-0.1, -0.05) is 0 Å². The van der Waals surface area contributed by atoms with Gasteiger partial charge in [-0.2, -0.15) is 5.10 Å². The first kappa shape index (κ1) is 10.6. The molecule has 0 spiro atoms. The number of nitrogens with zero attached hydrogens (tertiary/aromatic N) is 2. The van der Waals surface area contributed by atoms with Gasteiger partial charge in [-0.3, -0.25) is 4.68 Å². The van der Waals surface area contributed by atoms with E-state index < -0.39 is 5.60 Å². The average molecular weight is 209 g/mol. The highest BCUT2D eigenvalue weighted by Crippen LogP contribution is 2.22. The lowest BCUT2D eigenvalue weighted by atomic mass is 9.88. The number of nitrogens with one attached hydrogen (secondary N) is 1. The smallest absolute Gasteiger partial charge is 0.0813 e. The van der Waals surface area contributed by atoms with Gasteiger partial charge in [0.2, 0.25) is 0 Å². The molecule has 0 radical (unpaired) electrons. The van der Waals surface area contributed by atoms with Gasteiger partial charge in [-0.05, 0) is 31.9 Å². The van der Waals surface area contributed by atoms with Crippen LogP contribution < -0.4 is 5.32 Å². The monoisotopic (exact) mass is 209 g/mol. The van der Waals surface area contributed by atoms with Crippen LogP contribution in [0.15, 0.2) is 6.20 Å². The van der Waals surface area contributed by atoms with Crippen molar-refractivity contribution in [1.29, 1.82) is 0 Å². The normalized spacial score (nSPS) is 26.9. The summed E-state index contributed by atoms with van der Waals surface area (Å²) < 4.78 is 1.86. The highest BCUT2D eigenvalue weighted by Gasteiger charge is 2.30. The summed E-state index contributed by atoms with van der Waals surface area (Å²) >= 11 is 0. The molecule has 84 valence electrons. The Morgan fingerprint density at radius 1 is 1.67 bits per heavy atom. The van der Waals surface area contributed by atoms with Gasteiger partial charge in [-0.25, -0.2) is 0 Å². The maximum absolute atomic E-state index is 10.4. The van der Waals surface area contributed by atoms with Crippen LogP contribution in [-0.2, 0) is 13.5 Å². The summed E-state index contributed by atoms with van der Waals surface area (Å²) in [4.78, 5) is 0. The van der Waals surface area contributed by atoms with E-state index >= 15 is 0 Å². The molecule has 0 aliphatic carbocycles.